The van der Waals surface area contributed by atoms with Crippen molar-refractivity contribution in [2.45, 2.75) is 6.42 Å². The minimum absolute atomic E-state index is 0.652. The first-order valence-corrected chi connectivity index (χ1v) is 4.77. The van der Waals surface area contributed by atoms with Crippen LogP contribution in [-0.4, -0.2) is 31.8 Å². The van der Waals surface area contributed by atoms with E-state index in [4.69, 9.17) is 9.47 Å². The fourth-order valence-corrected chi connectivity index (χ4v) is 1.25. The van der Waals surface area contributed by atoms with Crippen LogP contribution in [0.5, 0.6) is 0 Å². The van der Waals surface area contributed by atoms with E-state index in [1.54, 1.807) is 0 Å². The molecule has 0 amide bonds. The van der Waals surface area contributed by atoms with Crippen LogP contribution in [0.3, 0.4) is 0 Å². The summed E-state index contributed by atoms with van der Waals surface area (Å²) in [5.74, 6) is 0.652. The molecule has 1 aliphatic heterocycles. The minimum Gasteiger partial charge on any atom is -0.381 e. The molecule has 0 saturated carbocycles. The van der Waals surface area contributed by atoms with Crippen LogP contribution in [0.25, 0.3) is 0 Å². The van der Waals surface area contributed by atoms with E-state index in [1.807, 2.05) is 0 Å². The van der Waals surface area contributed by atoms with E-state index in [1.165, 1.54) is 6.42 Å². The first-order chi connectivity index (χ1) is 4.93. The Balaban J connectivity index is 1.91. The highest BCUT2D eigenvalue weighted by molar-refractivity contribution is 9.09. The van der Waals surface area contributed by atoms with Gasteiger partial charge in [0.1, 0.15) is 0 Å². The summed E-state index contributed by atoms with van der Waals surface area (Å²) in [6.45, 7) is 3.49. The van der Waals surface area contributed by atoms with Crippen molar-refractivity contribution >= 4 is 15.9 Å². The van der Waals surface area contributed by atoms with Gasteiger partial charge in [0.15, 0.2) is 0 Å². The molecule has 0 spiro atoms. The molecule has 1 fully saturated rings. The SMILES string of the molecule is BrCCOCC1CCOC1. The molecule has 1 saturated heterocycles. The summed E-state index contributed by atoms with van der Waals surface area (Å²) in [6, 6.07) is 0. The van der Waals surface area contributed by atoms with Crippen molar-refractivity contribution in [3.05, 3.63) is 0 Å². The first kappa shape index (κ1) is 8.50. The average molecular weight is 209 g/mol. The largest absolute Gasteiger partial charge is 0.381 e. The zero-order valence-electron chi connectivity index (χ0n) is 6.01. The molecule has 0 bridgehead atoms. The Morgan fingerprint density at radius 1 is 1.60 bits per heavy atom. The van der Waals surface area contributed by atoms with Gasteiger partial charge < -0.3 is 9.47 Å². The van der Waals surface area contributed by atoms with Crippen molar-refractivity contribution in [2.75, 3.05) is 31.8 Å². The van der Waals surface area contributed by atoms with Gasteiger partial charge in [0.2, 0.25) is 0 Å². The summed E-state index contributed by atoms with van der Waals surface area (Å²) in [6.07, 6.45) is 1.17. The van der Waals surface area contributed by atoms with Gasteiger partial charge in [-0.3, -0.25) is 0 Å². The van der Waals surface area contributed by atoms with Gasteiger partial charge in [-0.15, -0.1) is 0 Å². The number of hydrogen-bond acceptors (Lipinski definition) is 2. The van der Waals surface area contributed by atoms with Gasteiger partial charge in [-0.1, -0.05) is 15.9 Å². The normalized spacial score (nSPS) is 25.5. The predicted octanol–water partition coefficient (Wildman–Crippen LogP) is 1.43. The van der Waals surface area contributed by atoms with Gasteiger partial charge >= 0.3 is 0 Å². The number of hydrogen-bond donors (Lipinski definition) is 0. The molecule has 10 heavy (non-hydrogen) atoms. The molecule has 60 valence electrons. The topological polar surface area (TPSA) is 18.5 Å². The van der Waals surface area contributed by atoms with Crippen LogP contribution in [-0.2, 0) is 9.47 Å². The van der Waals surface area contributed by atoms with Gasteiger partial charge in [-0.05, 0) is 6.42 Å². The number of ether oxygens (including phenoxy) is 2. The van der Waals surface area contributed by atoms with E-state index in [-0.39, 0.29) is 0 Å². The molecule has 3 heteroatoms. The summed E-state index contributed by atoms with van der Waals surface area (Å²) in [5.41, 5.74) is 0. The zero-order valence-corrected chi connectivity index (χ0v) is 7.60. The molecule has 1 rings (SSSR count). The molecule has 0 aromatic heterocycles. The Labute approximate surface area is 70.0 Å². The van der Waals surface area contributed by atoms with E-state index >= 15 is 0 Å². The van der Waals surface area contributed by atoms with Crippen LogP contribution < -0.4 is 0 Å². The van der Waals surface area contributed by atoms with Gasteiger partial charge in [-0.25, -0.2) is 0 Å². The lowest BCUT2D eigenvalue weighted by atomic mass is 10.1. The smallest absolute Gasteiger partial charge is 0.0563 e. The van der Waals surface area contributed by atoms with Crippen LogP contribution in [0.2, 0.25) is 0 Å². The highest BCUT2D eigenvalue weighted by Crippen LogP contribution is 2.11. The molecule has 0 aromatic rings. The lowest BCUT2D eigenvalue weighted by Crippen LogP contribution is -2.10. The standard InChI is InChI=1S/C7H13BrO2/c8-2-4-10-6-7-1-3-9-5-7/h7H,1-6H2. The molecule has 1 aliphatic rings. The number of rotatable bonds is 4. The third-order valence-electron chi connectivity index (χ3n) is 1.60. The van der Waals surface area contributed by atoms with Crippen LogP contribution >= 0.6 is 15.9 Å². The lowest BCUT2D eigenvalue weighted by molar-refractivity contribution is 0.101. The van der Waals surface area contributed by atoms with E-state index < -0.39 is 0 Å². The van der Waals surface area contributed by atoms with Crippen molar-refractivity contribution in [1.82, 2.24) is 0 Å². The third kappa shape index (κ3) is 2.99. The van der Waals surface area contributed by atoms with Crippen LogP contribution in [0.15, 0.2) is 0 Å². The molecule has 0 aliphatic carbocycles. The second-order valence-electron chi connectivity index (χ2n) is 2.49. The number of halogens is 1. The maximum Gasteiger partial charge on any atom is 0.0563 e. The highest BCUT2D eigenvalue weighted by atomic mass is 79.9. The van der Waals surface area contributed by atoms with Gasteiger partial charge in [0.05, 0.1) is 19.8 Å². The monoisotopic (exact) mass is 208 g/mol. The Morgan fingerprint density at radius 3 is 3.10 bits per heavy atom. The summed E-state index contributed by atoms with van der Waals surface area (Å²) in [5, 5.41) is 0.931. The molecule has 0 radical (unpaired) electrons. The second kappa shape index (κ2) is 5.10. The molecular weight excluding hydrogens is 196 g/mol. The predicted molar refractivity (Wildman–Crippen MR) is 43.5 cm³/mol. The Hall–Kier alpha value is 0.400. The van der Waals surface area contributed by atoms with E-state index in [9.17, 15) is 0 Å². The third-order valence-corrected chi connectivity index (χ3v) is 1.92. The van der Waals surface area contributed by atoms with E-state index in [0.29, 0.717) is 5.92 Å². The first-order valence-electron chi connectivity index (χ1n) is 3.65. The van der Waals surface area contributed by atoms with E-state index in [2.05, 4.69) is 15.9 Å². The molecule has 0 aromatic carbocycles. The zero-order chi connectivity index (χ0) is 7.23. The van der Waals surface area contributed by atoms with Gasteiger partial charge in [0, 0.05) is 17.9 Å². The summed E-state index contributed by atoms with van der Waals surface area (Å²) < 4.78 is 10.5. The average Bonchev–Trinajstić information content (AvgIpc) is 2.41. The van der Waals surface area contributed by atoms with Crippen molar-refractivity contribution in [3.63, 3.8) is 0 Å². The minimum atomic E-state index is 0.652. The fourth-order valence-electron chi connectivity index (χ4n) is 1.02. The number of alkyl halides is 1. The summed E-state index contributed by atoms with van der Waals surface area (Å²) in [7, 11) is 0. The van der Waals surface area contributed by atoms with Crippen molar-refractivity contribution in [3.8, 4) is 0 Å². The lowest BCUT2D eigenvalue weighted by Gasteiger charge is -2.06. The van der Waals surface area contributed by atoms with Crippen molar-refractivity contribution < 1.29 is 9.47 Å². The Bertz CT molecular complexity index is 81.7. The molecular formula is C7H13BrO2. The Kier molecular flexibility index (Phi) is 4.34. The van der Waals surface area contributed by atoms with Crippen LogP contribution in [0.1, 0.15) is 6.42 Å². The van der Waals surface area contributed by atoms with Crippen LogP contribution in [0.4, 0.5) is 0 Å². The Morgan fingerprint density at radius 2 is 2.50 bits per heavy atom. The quantitative estimate of drug-likeness (QED) is 0.515. The summed E-state index contributed by atoms with van der Waals surface area (Å²) in [4.78, 5) is 0. The van der Waals surface area contributed by atoms with Crippen molar-refractivity contribution in [1.29, 1.82) is 0 Å². The fraction of sp³-hybridized carbons (Fsp3) is 1.00. The van der Waals surface area contributed by atoms with Gasteiger partial charge in [-0.2, -0.15) is 0 Å². The second-order valence-corrected chi connectivity index (χ2v) is 3.29. The maximum absolute atomic E-state index is 5.34. The molecule has 1 heterocycles. The van der Waals surface area contributed by atoms with Crippen molar-refractivity contribution in [2.24, 2.45) is 5.92 Å². The highest BCUT2D eigenvalue weighted by Gasteiger charge is 2.14. The van der Waals surface area contributed by atoms with Gasteiger partial charge in [0.25, 0.3) is 0 Å². The van der Waals surface area contributed by atoms with Crippen LogP contribution in [0, 0.1) is 5.92 Å². The summed E-state index contributed by atoms with van der Waals surface area (Å²) >= 11 is 3.30. The molecule has 1 atom stereocenters. The van der Waals surface area contributed by atoms with E-state index in [0.717, 1.165) is 31.8 Å². The molecule has 2 nitrogen and oxygen atoms in total. The molecule has 1 unspecified atom stereocenters. The molecule has 0 N–H and O–H groups in total. The maximum atomic E-state index is 5.34.